The summed E-state index contributed by atoms with van der Waals surface area (Å²) in [5, 5.41) is 10.2. The number of hydrogen-bond acceptors (Lipinski definition) is 2. The Hall–Kier alpha value is -1.50. The molecule has 10 heavy (non-hydrogen) atoms. The van der Waals surface area contributed by atoms with Crippen molar-refractivity contribution in [2.75, 3.05) is 6.54 Å². The Bertz CT molecular complexity index is 177. The molecule has 0 aliphatic rings. The second kappa shape index (κ2) is 5.63. The van der Waals surface area contributed by atoms with Gasteiger partial charge in [0.15, 0.2) is 0 Å². The Morgan fingerprint density at radius 3 is 2.80 bits per heavy atom. The molecule has 0 atom stereocenters. The minimum Gasteiger partial charge on any atom is -0.472 e. The molecule has 0 aromatic carbocycles. The largest absolute Gasteiger partial charge is 0.472 e. The standard InChI is InChI=1S/C6H6NO3/c8-5-7-4-2-1-3-6(9)10/h2,4H2,(H,7,8)(H,9,10). The van der Waals surface area contributed by atoms with E-state index < -0.39 is 5.97 Å². The number of rotatable bonds is 3. The van der Waals surface area contributed by atoms with Gasteiger partial charge in [-0.2, -0.15) is 0 Å². The molecule has 0 aliphatic carbocycles. The molecular formula is C6H6NO3. The number of carbonyl (C=O) groups is 1. The van der Waals surface area contributed by atoms with Gasteiger partial charge in [0.05, 0.1) is 0 Å². The second-order valence-electron chi connectivity index (χ2n) is 1.39. The van der Waals surface area contributed by atoms with Crippen molar-refractivity contribution in [3.05, 3.63) is 0 Å². The van der Waals surface area contributed by atoms with E-state index >= 15 is 0 Å². The fourth-order valence-electron chi connectivity index (χ4n) is 0.314. The van der Waals surface area contributed by atoms with E-state index in [0.717, 1.165) is 0 Å². The summed E-state index contributed by atoms with van der Waals surface area (Å²) < 4.78 is 0. The van der Waals surface area contributed by atoms with Crippen molar-refractivity contribution < 1.29 is 14.7 Å². The third-order valence-corrected chi connectivity index (χ3v) is 0.642. The Balaban J connectivity index is 3.28. The fraction of sp³-hybridized carbons (Fsp3) is 0.333. The maximum Gasteiger partial charge on any atom is 0.381 e. The van der Waals surface area contributed by atoms with Gasteiger partial charge in [-0.05, 0) is 0 Å². The highest BCUT2D eigenvalue weighted by atomic mass is 16.4. The lowest BCUT2D eigenvalue weighted by atomic mass is 10.4. The van der Waals surface area contributed by atoms with Gasteiger partial charge < -0.3 is 10.4 Å². The summed E-state index contributed by atoms with van der Waals surface area (Å²) in [5.74, 6) is 3.07. The van der Waals surface area contributed by atoms with E-state index in [1.54, 1.807) is 0 Å². The average Bonchev–Trinajstić information content (AvgIpc) is 1.87. The Morgan fingerprint density at radius 2 is 2.30 bits per heavy atom. The highest BCUT2D eigenvalue weighted by molar-refractivity contribution is 5.86. The van der Waals surface area contributed by atoms with E-state index in [1.165, 1.54) is 6.41 Å². The number of amides is 1. The van der Waals surface area contributed by atoms with Gasteiger partial charge in [-0.25, -0.2) is 4.79 Å². The molecule has 0 saturated carbocycles. The van der Waals surface area contributed by atoms with Crippen LogP contribution in [0.2, 0.25) is 0 Å². The lowest BCUT2D eigenvalue weighted by Crippen LogP contribution is -2.10. The highest BCUT2D eigenvalue weighted by Gasteiger charge is 1.82. The number of aliphatic carboxylic acids is 1. The van der Waals surface area contributed by atoms with Crippen molar-refractivity contribution in [3.8, 4) is 11.8 Å². The predicted molar refractivity (Wildman–Crippen MR) is 33.7 cm³/mol. The smallest absolute Gasteiger partial charge is 0.381 e. The van der Waals surface area contributed by atoms with Crippen LogP contribution in [-0.4, -0.2) is 24.0 Å². The first-order valence-corrected chi connectivity index (χ1v) is 2.59. The van der Waals surface area contributed by atoms with Crippen molar-refractivity contribution >= 4 is 12.4 Å². The third-order valence-electron chi connectivity index (χ3n) is 0.642. The lowest BCUT2D eigenvalue weighted by molar-refractivity contribution is -0.130. The summed E-state index contributed by atoms with van der Waals surface area (Å²) in [4.78, 5) is 19.3. The molecule has 0 unspecified atom stereocenters. The summed E-state index contributed by atoms with van der Waals surface area (Å²) >= 11 is 0. The summed E-state index contributed by atoms with van der Waals surface area (Å²) in [5.41, 5.74) is 0. The quantitative estimate of drug-likeness (QED) is 0.304. The molecule has 1 amide bonds. The molecule has 4 heteroatoms. The number of carboxylic acids is 1. The zero-order chi connectivity index (χ0) is 7.82. The fourth-order valence-corrected chi connectivity index (χ4v) is 0.314. The van der Waals surface area contributed by atoms with Crippen LogP contribution in [0.1, 0.15) is 6.42 Å². The van der Waals surface area contributed by atoms with Gasteiger partial charge in [0.1, 0.15) is 0 Å². The first kappa shape index (κ1) is 8.50. The molecule has 1 radical (unpaired) electrons. The Morgan fingerprint density at radius 1 is 1.60 bits per heavy atom. The lowest BCUT2D eigenvalue weighted by Gasteiger charge is -1.85. The van der Waals surface area contributed by atoms with Gasteiger partial charge in [-0.3, -0.25) is 4.79 Å². The zero-order valence-corrected chi connectivity index (χ0v) is 5.18. The minimum absolute atomic E-state index is 0.335. The molecule has 0 bridgehead atoms. The Kier molecular flexibility index (Phi) is 4.79. The summed E-state index contributed by atoms with van der Waals surface area (Å²) in [6.07, 6.45) is 1.78. The van der Waals surface area contributed by atoms with Crippen LogP contribution in [0.3, 0.4) is 0 Å². The van der Waals surface area contributed by atoms with E-state index in [9.17, 15) is 9.59 Å². The molecule has 0 aromatic rings. The van der Waals surface area contributed by atoms with E-state index in [2.05, 4.69) is 11.2 Å². The van der Waals surface area contributed by atoms with Crippen LogP contribution in [0.15, 0.2) is 0 Å². The van der Waals surface area contributed by atoms with Gasteiger partial charge in [0.25, 0.3) is 0 Å². The number of carboxylic acid groups (broad SMARTS) is 1. The second-order valence-corrected chi connectivity index (χ2v) is 1.39. The number of hydrogen-bond donors (Lipinski definition) is 2. The summed E-state index contributed by atoms with van der Waals surface area (Å²) in [7, 11) is 0. The van der Waals surface area contributed by atoms with E-state index in [0.29, 0.717) is 13.0 Å². The van der Waals surface area contributed by atoms with Crippen LogP contribution in [0, 0.1) is 11.8 Å². The molecule has 0 aromatic heterocycles. The van der Waals surface area contributed by atoms with Crippen LogP contribution < -0.4 is 5.32 Å². The van der Waals surface area contributed by atoms with E-state index in [1.807, 2.05) is 5.92 Å². The molecule has 0 aliphatic heterocycles. The highest BCUT2D eigenvalue weighted by Crippen LogP contribution is 1.69. The van der Waals surface area contributed by atoms with Crippen LogP contribution in [0.5, 0.6) is 0 Å². The van der Waals surface area contributed by atoms with E-state index in [4.69, 9.17) is 5.11 Å². The maximum absolute atomic E-state index is 9.76. The minimum atomic E-state index is -1.16. The van der Waals surface area contributed by atoms with Gasteiger partial charge in [0.2, 0.25) is 0 Å². The molecule has 0 heterocycles. The predicted octanol–water partition coefficient (Wildman–Crippen LogP) is -0.879. The SMILES string of the molecule is O=[C]NCCC#CC(=O)O. The van der Waals surface area contributed by atoms with Gasteiger partial charge in [-0.15, -0.1) is 0 Å². The van der Waals surface area contributed by atoms with Gasteiger partial charge in [0, 0.05) is 18.9 Å². The van der Waals surface area contributed by atoms with Crippen LogP contribution >= 0.6 is 0 Å². The maximum atomic E-state index is 9.76. The molecule has 2 N–H and O–H groups in total. The normalized spacial score (nSPS) is 7.20. The Labute approximate surface area is 58.2 Å². The molecule has 0 fully saturated rings. The third kappa shape index (κ3) is 6.50. The van der Waals surface area contributed by atoms with Gasteiger partial charge >= 0.3 is 12.4 Å². The van der Waals surface area contributed by atoms with Crippen LogP contribution in [-0.2, 0) is 9.59 Å². The zero-order valence-electron chi connectivity index (χ0n) is 5.18. The molecule has 4 nitrogen and oxygen atoms in total. The topological polar surface area (TPSA) is 66.4 Å². The van der Waals surface area contributed by atoms with Gasteiger partial charge in [-0.1, -0.05) is 5.92 Å². The van der Waals surface area contributed by atoms with Crippen molar-refractivity contribution in [3.63, 3.8) is 0 Å². The summed E-state index contributed by atoms with van der Waals surface area (Å²) in [6, 6.07) is 0. The van der Waals surface area contributed by atoms with Crippen LogP contribution in [0.4, 0.5) is 0 Å². The molecular weight excluding hydrogens is 134 g/mol. The van der Waals surface area contributed by atoms with Crippen molar-refractivity contribution in [1.29, 1.82) is 0 Å². The summed E-state index contributed by atoms with van der Waals surface area (Å²) in [6.45, 7) is 0.337. The van der Waals surface area contributed by atoms with E-state index in [-0.39, 0.29) is 0 Å². The molecule has 0 saturated heterocycles. The number of carbonyl (C=O) groups excluding carboxylic acids is 1. The van der Waals surface area contributed by atoms with Crippen LogP contribution in [0.25, 0.3) is 0 Å². The molecule has 53 valence electrons. The molecule has 0 rings (SSSR count). The van der Waals surface area contributed by atoms with Crippen molar-refractivity contribution in [1.82, 2.24) is 5.32 Å². The van der Waals surface area contributed by atoms with Crippen molar-refractivity contribution in [2.24, 2.45) is 0 Å². The molecule has 0 spiro atoms. The van der Waals surface area contributed by atoms with Crippen molar-refractivity contribution in [2.45, 2.75) is 6.42 Å². The first-order chi connectivity index (χ1) is 4.77. The monoisotopic (exact) mass is 140 g/mol. The number of nitrogens with one attached hydrogen (secondary N) is 1. The first-order valence-electron chi connectivity index (χ1n) is 2.59. The average molecular weight is 140 g/mol.